The zero-order valence-corrected chi connectivity index (χ0v) is 11.8. The summed E-state index contributed by atoms with van der Waals surface area (Å²) in [5.41, 5.74) is 0.965. The number of imide groups is 1. The van der Waals surface area contributed by atoms with E-state index in [1.54, 1.807) is 11.3 Å². The van der Waals surface area contributed by atoms with Gasteiger partial charge in [0.05, 0.1) is 23.2 Å². The minimum absolute atomic E-state index is 0.0248. The van der Waals surface area contributed by atoms with Crippen LogP contribution < -0.4 is 5.32 Å². The van der Waals surface area contributed by atoms with Crippen LogP contribution in [0.1, 0.15) is 35.0 Å². The summed E-state index contributed by atoms with van der Waals surface area (Å²) in [6, 6.07) is -0.442. The Morgan fingerprint density at radius 2 is 2.11 bits per heavy atom. The highest BCUT2D eigenvalue weighted by molar-refractivity contribution is 7.11. The largest absolute Gasteiger partial charge is 0.297 e. The smallest absolute Gasteiger partial charge is 0.246 e. The molecular formula is C12H17N3O2S. The normalized spacial score (nSPS) is 21.8. The Kier molecular flexibility index (Phi) is 3.49. The molecule has 18 heavy (non-hydrogen) atoms. The molecule has 1 aromatic rings. The van der Waals surface area contributed by atoms with Crippen molar-refractivity contribution in [2.45, 2.75) is 39.3 Å². The molecule has 1 aromatic heterocycles. The van der Waals surface area contributed by atoms with E-state index in [1.807, 2.05) is 20.8 Å². The standard InChI is InChI=1S/C12H17N3O2S/c1-6(11-7(2)18-8(3)14-11)13-9-5-10(16)15(4)12(9)17/h6,9,13H,5H2,1-4H3. The molecule has 1 aliphatic heterocycles. The second-order valence-corrected chi connectivity index (χ2v) is 6.02. The van der Waals surface area contributed by atoms with Crippen molar-refractivity contribution in [2.24, 2.45) is 0 Å². The number of aryl methyl sites for hydroxylation is 2. The summed E-state index contributed by atoms with van der Waals surface area (Å²) in [4.78, 5) is 30.0. The van der Waals surface area contributed by atoms with E-state index in [2.05, 4.69) is 10.3 Å². The summed E-state index contributed by atoms with van der Waals surface area (Å²) in [5.74, 6) is -0.285. The predicted octanol–water partition coefficient (Wildman–Crippen LogP) is 1.17. The lowest BCUT2D eigenvalue weighted by Gasteiger charge is -2.17. The van der Waals surface area contributed by atoms with Gasteiger partial charge < -0.3 is 0 Å². The van der Waals surface area contributed by atoms with Crippen LogP contribution in [0.2, 0.25) is 0 Å². The van der Waals surface area contributed by atoms with E-state index in [-0.39, 0.29) is 24.3 Å². The first-order valence-corrected chi connectivity index (χ1v) is 6.72. The first-order chi connectivity index (χ1) is 8.40. The van der Waals surface area contributed by atoms with Gasteiger partial charge in [-0.15, -0.1) is 11.3 Å². The molecule has 2 amide bonds. The Morgan fingerprint density at radius 3 is 2.56 bits per heavy atom. The van der Waals surface area contributed by atoms with Crippen LogP contribution in [0.25, 0.3) is 0 Å². The van der Waals surface area contributed by atoms with Gasteiger partial charge in [-0.05, 0) is 20.8 Å². The molecule has 0 saturated carbocycles. The molecule has 0 spiro atoms. The number of likely N-dealkylation sites (N-methyl/N-ethyl adjacent to an activating group) is 1. The van der Waals surface area contributed by atoms with Crippen LogP contribution in [0.5, 0.6) is 0 Å². The topological polar surface area (TPSA) is 62.3 Å². The van der Waals surface area contributed by atoms with Crippen LogP contribution in [0.3, 0.4) is 0 Å². The van der Waals surface area contributed by atoms with Crippen LogP contribution in [0, 0.1) is 13.8 Å². The lowest BCUT2D eigenvalue weighted by molar-refractivity contribution is -0.137. The number of carbonyl (C=O) groups excluding carboxylic acids is 2. The van der Waals surface area contributed by atoms with Gasteiger partial charge in [-0.25, -0.2) is 4.98 Å². The van der Waals surface area contributed by atoms with E-state index in [0.717, 1.165) is 15.6 Å². The van der Waals surface area contributed by atoms with Crippen LogP contribution in [-0.2, 0) is 9.59 Å². The first kappa shape index (κ1) is 13.2. The Balaban J connectivity index is 2.09. The maximum atomic E-state index is 11.8. The van der Waals surface area contributed by atoms with Gasteiger partial charge in [0, 0.05) is 18.0 Å². The highest BCUT2D eigenvalue weighted by Crippen LogP contribution is 2.24. The quantitative estimate of drug-likeness (QED) is 0.835. The van der Waals surface area contributed by atoms with Gasteiger partial charge in [-0.3, -0.25) is 19.8 Å². The molecule has 0 aromatic carbocycles. The zero-order chi connectivity index (χ0) is 13.4. The van der Waals surface area contributed by atoms with Crippen molar-refractivity contribution in [2.75, 3.05) is 7.05 Å². The van der Waals surface area contributed by atoms with Crippen molar-refractivity contribution >= 4 is 23.2 Å². The molecule has 2 heterocycles. The minimum Gasteiger partial charge on any atom is -0.297 e. The molecule has 2 rings (SSSR count). The average Bonchev–Trinajstić information content (AvgIpc) is 2.75. The van der Waals surface area contributed by atoms with Crippen molar-refractivity contribution in [3.8, 4) is 0 Å². The van der Waals surface area contributed by atoms with Gasteiger partial charge in [0.2, 0.25) is 11.8 Å². The van der Waals surface area contributed by atoms with Gasteiger partial charge in [0.1, 0.15) is 0 Å². The number of carbonyl (C=O) groups is 2. The van der Waals surface area contributed by atoms with Crippen molar-refractivity contribution in [3.63, 3.8) is 0 Å². The highest BCUT2D eigenvalue weighted by Gasteiger charge is 2.36. The first-order valence-electron chi connectivity index (χ1n) is 5.90. The van der Waals surface area contributed by atoms with E-state index in [0.29, 0.717) is 0 Å². The number of thiazole rings is 1. The fourth-order valence-corrected chi connectivity index (χ4v) is 3.13. The predicted molar refractivity (Wildman–Crippen MR) is 69.3 cm³/mol. The lowest BCUT2D eigenvalue weighted by atomic mass is 10.1. The SMILES string of the molecule is Cc1nc(C(C)NC2CC(=O)N(C)C2=O)c(C)s1. The maximum Gasteiger partial charge on any atom is 0.246 e. The van der Waals surface area contributed by atoms with Crippen molar-refractivity contribution in [3.05, 3.63) is 15.6 Å². The fourth-order valence-electron chi connectivity index (χ4n) is 2.21. The third kappa shape index (κ3) is 2.30. The van der Waals surface area contributed by atoms with Crippen LogP contribution >= 0.6 is 11.3 Å². The molecule has 1 saturated heterocycles. The van der Waals surface area contributed by atoms with Gasteiger partial charge in [0.25, 0.3) is 0 Å². The summed E-state index contributed by atoms with van der Waals surface area (Å²) in [7, 11) is 1.52. The molecule has 0 aliphatic carbocycles. The third-order valence-corrected chi connectivity index (χ3v) is 4.08. The summed E-state index contributed by atoms with van der Waals surface area (Å²) in [5, 5.41) is 4.21. The highest BCUT2D eigenvalue weighted by atomic mass is 32.1. The molecule has 1 aliphatic rings. The number of hydrogen-bond donors (Lipinski definition) is 1. The number of hydrogen-bond acceptors (Lipinski definition) is 5. The third-order valence-electron chi connectivity index (χ3n) is 3.18. The molecule has 6 heteroatoms. The minimum atomic E-state index is -0.418. The van der Waals surface area contributed by atoms with Crippen molar-refractivity contribution in [1.82, 2.24) is 15.2 Å². The van der Waals surface area contributed by atoms with Gasteiger partial charge in [0.15, 0.2) is 0 Å². The number of likely N-dealkylation sites (tertiary alicyclic amines) is 1. The van der Waals surface area contributed by atoms with Crippen LogP contribution in [-0.4, -0.2) is 34.8 Å². The van der Waals surface area contributed by atoms with Gasteiger partial charge >= 0.3 is 0 Å². The summed E-state index contributed by atoms with van der Waals surface area (Å²) < 4.78 is 0. The Bertz CT molecular complexity index is 498. The van der Waals surface area contributed by atoms with E-state index in [1.165, 1.54) is 11.9 Å². The number of nitrogens with zero attached hydrogens (tertiary/aromatic N) is 2. The van der Waals surface area contributed by atoms with Crippen LogP contribution in [0.15, 0.2) is 0 Å². The van der Waals surface area contributed by atoms with E-state index < -0.39 is 6.04 Å². The average molecular weight is 267 g/mol. The zero-order valence-electron chi connectivity index (χ0n) is 11.0. The molecule has 0 radical (unpaired) electrons. The van der Waals surface area contributed by atoms with Crippen molar-refractivity contribution in [1.29, 1.82) is 0 Å². The molecule has 2 unspecified atom stereocenters. The number of aromatic nitrogens is 1. The molecule has 0 bridgehead atoms. The second kappa shape index (κ2) is 4.78. The monoisotopic (exact) mass is 267 g/mol. The van der Waals surface area contributed by atoms with E-state index in [4.69, 9.17) is 0 Å². The number of rotatable bonds is 3. The Labute approximate surface area is 110 Å². The van der Waals surface area contributed by atoms with E-state index in [9.17, 15) is 9.59 Å². The van der Waals surface area contributed by atoms with Crippen molar-refractivity contribution < 1.29 is 9.59 Å². The summed E-state index contributed by atoms with van der Waals surface area (Å²) >= 11 is 1.64. The van der Waals surface area contributed by atoms with Gasteiger partial charge in [-0.1, -0.05) is 0 Å². The Hall–Kier alpha value is -1.27. The molecule has 98 valence electrons. The number of nitrogens with one attached hydrogen (secondary N) is 1. The molecule has 5 nitrogen and oxygen atoms in total. The summed E-state index contributed by atoms with van der Waals surface area (Å²) in [6.07, 6.45) is 0.238. The van der Waals surface area contributed by atoms with Crippen LogP contribution in [0.4, 0.5) is 0 Å². The maximum absolute atomic E-state index is 11.8. The molecular weight excluding hydrogens is 250 g/mol. The fraction of sp³-hybridized carbons (Fsp3) is 0.583. The molecule has 2 atom stereocenters. The second-order valence-electron chi connectivity index (χ2n) is 4.61. The molecule has 1 N–H and O–H groups in total. The lowest BCUT2D eigenvalue weighted by Crippen LogP contribution is -2.38. The van der Waals surface area contributed by atoms with Gasteiger partial charge in [-0.2, -0.15) is 0 Å². The number of amides is 2. The Morgan fingerprint density at radius 1 is 1.44 bits per heavy atom. The van der Waals surface area contributed by atoms with E-state index >= 15 is 0 Å². The summed E-state index contributed by atoms with van der Waals surface area (Å²) in [6.45, 7) is 5.95. The molecule has 1 fully saturated rings.